The van der Waals surface area contributed by atoms with Gasteiger partial charge in [-0.3, -0.25) is 4.79 Å². The lowest BCUT2D eigenvalue weighted by atomic mass is 10.1. The first kappa shape index (κ1) is 17.7. The predicted octanol–water partition coefficient (Wildman–Crippen LogP) is 4.05. The van der Waals surface area contributed by atoms with Gasteiger partial charge < -0.3 is 10.1 Å². The number of esters is 1. The fourth-order valence-corrected chi connectivity index (χ4v) is 2.39. The van der Waals surface area contributed by atoms with E-state index in [1.54, 1.807) is 13.0 Å². The smallest absolute Gasteiger partial charge is 0.339 e. The Labute approximate surface area is 142 Å². The number of carbonyl (C=O) groups excluding carboxylic acids is 2. The first-order valence-corrected chi connectivity index (χ1v) is 8.08. The molecule has 1 atom stereocenters. The average Bonchev–Trinajstić information content (AvgIpc) is 2.55. The molecule has 0 unspecified atom stereocenters. The monoisotopic (exact) mass is 325 g/mol. The summed E-state index contributed by atoms with van der Waals surface area (Å²) in [6.45, 7) is 7.45. The molecule has 4 nitrogen and oxygen atoms in total. The number of hydrogen-bond donors (Lipinski definition) is 1. The lowest BCUT2D eigenvalue weighted by molar-refractivity contribution is -0.123. The zero-order valence-electron chi connectivity index (χ0n) is 14.6. The normalized spacial score (nSPS) is 11.7. The summed E-state index contributed by atoms with van der Waals surface area (Å²) in [6, 6.07) is 13.1. The molecule has 0 saturated heterocycles. The van der Waals surface area contributed by atoms with E-state index in [-0.39, 0.29) is 5.91 Å². The first-order valence-electron chi connectivity index (χ1n) is 8.08. The van der Waals surface area contributed by atoms with Gasteiger partial charge in [-0.2, -0.15) is 0 Å². The minimum Gasteiger partial charge on any atom is -0.449 e. The van der Waals surface area contributed by atoms with Crippen LogP contribution in [0.3, 0.4) is 0 Å². The van der Waals surface area contributed by atoms with E-state index in [0.29, 0.717) is 11.3 Å². The number of ether oxygens (including phenoxy) is 1. The van der Waals surface area contributed by atoms with Crippen molar-refractivity contribution in [2.75, 3.05) is 5.32 Å². The average molecular weight is 325 g/mol. The summed E-state index contributed by atoms with van der Waals surface area (Å²) in [5.74, 6) is -0.839. The van der Waals surface area contributed by atoms with E-state index in [4.69, 9.17) is 4.74 Å². The Hall–Kier alpha value is -2.62. The van der Waals surface area contributed by atoms with Gasteiger partial charge in [-0.1, -0.05) is 36.8 Å². The molecule has 126 valence electrons. The second-order valence-electron chi connectivity index (χ2n) is 5.91. The molecule has 1 N–H and O–H groups in total. The predicted molar refractivity (Wildman–Crippen MR) is 95.2 cm³/mol. The Balaban J connectivity index is 1.98. The van der Waals surface area contributed by atoms with Crippen molar-refractivity contribution in [3.8, 4) is 0 Å². The fraction of sp³-hybridized carbons (Fsp3) is 0.300. The molecular weight excluding hydrogens is 302 g/mol. The van der Waals surface area contributed by atoms with Crippen LogP contribution < -0.4 is 5.32 Å². The molecule has 0 aromatic heterocycles. The fourth-order valence-electron chi connectivity index (χ4n) is 2.39. The maximum atomic E-state index is 12.2. The van der Waals surface area contributed by atoms with Crippen LogP contribution in [0.25, 0.3) is 0 Å². The summed E-state index contributed by atoms with van der Waals surface area (Å²) in [5, 5.41) is 2.76. The zero-order chi connectivity index (χ0) is 17.7. The number of aryl methyl sites for hydroxylation is 3. The van der Waals surface area contributed by atoms with E-state index in [9.17, 15) is 9.59 Å². The van der Waals surface area contributed by atoms with E-state index < -0.39 is 12.1 Å². The summed E-state index contributed by atoms with van der Waals surface area (Å²) in [6.07, 6.45) is 0.0714. The van der Waals surface area contributed by atoms with Gasteiger partial charge >= 0.3 is 5.97 Å². The zero-order valence-corrected chi connectivity index (χ0v) is 14.6. The van der Waals surface area contributed by atoms with Crippen molar-refractivity contribution in [3.05, 3.63) is 64.7 Å². The van der Waals surface area contributed by atoms with Crippen LogP contribution in [0.4, 0.5) is 5.69 Å². The minimum atomic E-state index is -0.871. The summed E-state index contributed by atoms with van der Waals surface area (Å²) in [7, 11) is 0. The van der Waals surface area contributed by atoms with Crippen molar-refractivity contribution in [2.45, 2.75) is 40.2 Å². The van der Waals surface area contributed by atoms with E-state index in [1.165, 1.54) is 5.56 Å². The van der Waals surface area contributed by atoms with Crippen LogP contribution >= 0.6 is 0 Å². The third kappa shape index (κ3) is 4.44. The second kappa shape index (κ2) is 7.77. The van der Waals surface area contributed by atoms with Gasteiger partial charge in [-0.25, -0.2) is 4.79 Å². The molecule has 0 heterocycles. The minimum absolute atomic E-state index is 0.350. The van der Waals surface area contributed by atoms with Gasteiger partial charge in [0.05, 0.1) is 5.56 Å². The highest BCUT2D eigenvalue weighted by molar-refractivity contribution is 5.97. The Kier molecular flexibility index (Phi) is 5.74. The number of amides is 1. The second-order valence-corrected chi connectivity index (χ2v) is 5.91. The molecule has 24 heavy (non-hydrogen) atoms. The van der Waals surface area contributed by atoms with Crippen LogP contribution in [0, 0.1) is 13.8 Å². The molecule has 0 radical (unpaired) electrons. The molecular formula is C20H23NO3. The highest BCUT2D eigenvalue weighted by Gasteiger charge is 2.20. The summed E-state index contributed by atoms with van der Waals surface area (Å²) < 4.78 is 5.29. The topological polar surface area (TPSA) is 55.4 Å². The van der Waals surface area contributed by atoms with Gasteiger partial charge in [-0.05, 0) is 56.5 Å². The van der Waals surface area contributed by atoms with Gasteiger partial charge in [0.25, 0.3) is 5.91 Å². The van der Waals surface area contributed by atoms with Crippen LogP contribution in [0.1, 0.15) is 40.9 Å². The van der Waals surface area contributed by atoms with E-state index in [0.717, 1.165) is 17.5 Å². The molecule has 0 spiro atoms. The van der Waals surface area contributed by atoms with Crippen LogP contribution in [0.2, 0.25) is 0 Å². The lowest BCUT2D eigenvalue weighted by Crippen LogP contribution is -2.30. The molecule has 2 aromatic carbocycles. The highest BCUT2D eigenvalue weighted by Crippen LogP contribution is 2.14. The standard InChI is InChI=1S/C20H23NO3/c1-5-16-7-9-17(10-8-16)21-19(22)15(4)24-20(23)18-11-6-13(2)12-14(18)3/h6-12,15H,5H2,1-4H3,(H,21,22)/t15-/m0/s1. The van der Waals surface area contributed by atoms with Crippen LogP contribution in [0.15, 0.2) is 42.5 Å². The van der Waals surface area contributed by atoms with Gasteiger partial charge in [0.15, 0.2) is 6.10 Å². The number of benzene rings is 2. The number of rotatable bonds is 5. The summed E-state index contributed by atoms with van der Waals surface area (Å²) in [4.78, 5) is 24.4. The molecule has 2 aromatic rings. The van der Waals surface area contributed by atoms with Crippen LogP contribution in [0.5, 0.6) is 0 Å². The molecule has 1 amide bonds. The third-order valence-electron chi connectivity index (χ3n) is 3.88. The van der Waals surface area contributed by atoms with Crippen LogP contribution in [-0.2, 0) is 16.0 Å². The molecule has 0 aliphatic carbocycles. The largest absolute Gasteiger partial charge is 0.449 e. The molecule has 0 aliphatic heterocycles. The highest BCUT2D eigenvalue weighted by atomic mass is 16.5. The number of hydrogen-bond acceptors (Lipinski definition) is 3. The van der Waals surface area contributed by atoms with Gasteiger partial charge in [0.1, 0.15) is 0 Å². The molecule has 0 aliphatic rings. The maximum absolute atomic E-state index is 12.2. The van der Waals surface area contributed by atoms with Crippen molar-refractivity contribution in [1.82, 2.24) is 0 Å². The Bertz CT molecular complexity index is 735. The molecule has 0 bridgehead atoms. The maximum Gasteiger partial charge on any atom is 0.339 e. The van der Waals surface area contributed by atoms with Crippen molar-refractivity contribution in [3.63, 3.8) is 0 Å². The molecule has 0 fully saturated rings. The van der Waals surface area contributed by atoms with Gasteiger partial charge in [0.2, 0.25) is 0 Å². The van der Waals surface area contributed by atoms with E-state index >= 15 is 0 Å². The Morgan fingerprint density at radius 1 is 1.08 bits per heavy atom. The van der Waals surface area contributed by atoms with Crippen molar-refractivity contribution in [1.29, 1.82) is 0 Å². The lowest BCUT2D eigenvalue weighted by Gasteiger charge is -2.15. The number of carbonyl (C=O) groups is 2. The molecule has 2 rings (SSSR count). The van der Waals surface area contributed by atoms with Crippen molar-refractivity contribution < 1.29 is 14.3 Å². The van der Waals surface area contributed by atoms with E-state index in [2.05, 4.69) is 12.2 Å². The Morgan fingerprint density at radius 3 is 2.33 bits per heavy atom. The third-order valence-corrected chi connectivity index (χ3v) is 3.88. The first-order chi connectivity index (χ1) is 11.4. The van der Waals surface area contributed by atoms with Crippen LogP contribution in [-0.4, -0.2) is 18.0 Å². The number of nitrogens with one attached hydrogen (secondary N) is 1. The van der Waals surface area contributed by atoms with Crippen molar-refractivity contribution in [2.24, 2.45) is 0 Å². The molecule has 4 heteroatoms. The summed E-state index contributed by atoms with van der Waals surface area (Å²) in [5.41, 5.74) is 4.27. The van der Waals surface area contributed by atoms with E-state index in [1.807, 2.05) is 50.2 Å². The molecule has 0 saturated carbocycles. The van der Waals surface area contributed by atoms with Gasteiger partial charge in [0, 0.05) is 5.69 Å². The Morgan fingerprint density at radius 2 is 1.75 bits per heavy atom. The quantitative estimate of drug-likeness (QED) is 0.844. The van der Waals surface area contributed by atoms with Gasteiger partial charge in [-0.15, -0.1) is 0 Å². The number of anilines is 1. The van der Waals surface area contributed by atoms with Crippen molar-refractivity contribution >= 4 is 17.6 Å². The summed E-state index contributed by atoms with van der Waals surface area (Å²) >= 11 is 0. The SMILES string of the molecule is CCc1ccc(NC(=O)[C@H](C)OC(=O)c2ccc(C)cc2C)cc1.